The first-order valence-corrected chi connectivity index (χ1v) is 9.05. The Morgan fingerprint density at radius 3 is 1.17 bits per heavy atom. The van der Waals surface area contributed by atoms with Crippen LogP contribution >= 0.6 is 16.5 Å². The van der Waals surface area contributed by atoms with Crippen LogP contribution in [-0.4, -0.2) is 19.6 Å². The molecule has 24 heavy (non-hydrogen) atoms. The Balaban J connectivity index is 0.000000558. The third-order valence-electron chi connectivity index (χ3n) is 2.43. The summed E-state index contributed by atoms with van der Waals surface area (Å²) in [6.45, 7) is 0. The Morgan fingerprint density at radius 2 is 0.917 bits per heavy atom. The molecule has 0 atom stereocenters. The van der Waals surface area contributed by atoms with Gasteiger partial charge in [0.2, 0.25) is 0 Å². The topological polar surface area (TPSA) is 167 Å². The number of para-hydroxylation sites is 2. The molecule has 2 aromatic rings. The van der Waals surface area contributed by atoms with E-state index in [1.807, 2.05) is 60.7 Å². The van der Waals surface area contributed by atoms with E-state index in [9.17, 15) is 0 Å². The highest BCUT2D eigenvalue weighted by atomic mass is 31.1. The van der Waals surface area contributed by atoms with Crippen LogP contribution in [0.1, 0.15) is 11.1 Å². The van der Waals surface area contributed by atoms with Crippen LogP contribution in [0.25, 0.3) is 12.2 Å². The third-order valence-corrected chi connectivity index (χ3v) is 2.43. The average Bonchev–Trinajstić information content (AvgIpc) is 2.47. The third kappa shape index (κ3) is 11.6. The minimum atomic E-state index is -3.13. The van der Waals surface area contributed by atoms with Crippen molar-refractivity contribution in [3.8, 4) is 0 Å². The van der Waals surface area contributed by atoms with Gasteiger partial charge < -0.3 is 31.0 Å². The quantitative estimate of drug-likeness (QED) is 0.262. The van der Waals surface area contributed by atoms with E-state index in [1.54, 1.807) is 0 Å². The standard InChI is InChI=1S/C14H14N2.2H3O3P/c15-13-7-3-1-5-11(13)9-10-12-6-2-4-8-14(12)16;2*1-4(2)3/h1-10H,15-16H2;2*4H,(H2,1,2,3)/b10-9+;;. The van der Waals surface area contributed by atoms with Crippen molar-refractivity contribution in [3.63, 3.8) is 0 Å². The van der Waals surface area contributed by atoms with Gasteiger partial charge in [0.25, 0.3) is 0 Å². The number of anilines is 2. The Bertz CT molecular complexity index is 642. The SMILES string of the molecule is Nc1ccccc1/C=C/c1ccccc1N.O=[PH](O)O.O=[PH](O)O. The van der Waals surface area contributed by atoms with Crippen LogP contribution in [0.3, 0.4) is 0 Å². The predicted octanol–water partition coefficient (Wildman–Crippen LogP) is 1.74. The van der Waals surface area contributed by atoms with Crippen LogP contribution < -0.4 is 11.5 Å². The maximum Gasteiger partial charge on any atom is 0.314 e. The van der Waals surface area contributed by atoms with Crippen LogP contribution in [0.2, 0.25) is 0 Å². The zero-order valence-electron chi connectivity index (χ0n) is 12.5. The van der Waals surface area contributed by atoms with Crippen LogP contribution in [-0.2, 0) is 9.13 Å². The van der Waals surface area contributed by atoms with Crippen LogP contribution in [0.4, 0.5) is 11.4 Å². The Kier molecular flexibility index (Phi) is 11.5. The second-order valence-corrected chi connectivity index (χ2v) is 5.29. The van der Waals surface area contributed by atoms with E-state index in [4.69, 9.17) is 40.2 Å². The molecule has 132 valence electrons. The van der Waals surface area contributed by atoms with Crippen LogP contribution in [0, 0.1) is 0 Å². The first kappa shape index (κ1) is 22.1. The molecule has 0 heterocycles. The van der Waals surface area contributed by atoms with Gasteiger partial charge in [0.1, 0.15) is 0 Å². The van der Waals surface area contributed by atoms with Gasteiger partial charge in [-0.3, -0.25) is 9.13 Å². The summed E-state index contributed by atoms with van der Waals surface area (Å²) < 4.78 is 17.5. The molecule has 0 aliphatic heterocycles. The van der Waals surface area contributed by atoms with Gasteiger partial charge in [-0.05, 0) is 23.3 Å². The summed E-state index contributed by atoms with van der Waals surface area (Å²) in [5, 5.41) is 0. The monoisotopic (exact) mass is 374 g/mol. The molecule has 8 N–H and O–H groups in total. The number of rotatable bonds is 2. The Hall–Kier alpha value is -1.92. The minimum absolute atomic E-state index is 0.772. The lowest BCUT2D eigenvalue weighted by Gasteiger charge is -2.00. The minimum Gasteiger partial charge on any atom is -0.398 e. The van der Waals surface area contributed by atoms with E-state index in [1.165, 1.54) is 0 Å². The van der Waals surface area contributed by atoms with Gasteiger partial charge in [-0.25, -0.2) is 0 Å². The summed E-state index contributed by atoms with van der Waals surface area (Å²) in [6.07, 6.45) is 3.95. The molecule has 8 nitrogen and oxygen atoms in total. The number of hydrogen-bond donors (Lipinski definition) is 6. The molecular weight excluding hydrogens is 354 g/mol. The largest absolute Gasteiger partial charge is 0.398 e. The van der Waals surface area contributed by atoms with Gasteiger partial charge in [0.05, 0.1) is 0 Å². The maximum atomic E-state index is 8.74. The molecule has 0 unspecified atom stereocenters. The fraction of sp³-hybridized carbons (Fsp3) is 0. The smallest absolute Gasteiger partial charge is 0.314 e. The average molecular weight is 374 g/mol. The van der Waals surface area contributed by atoms with Gasteiger partial charge in [0.15, 0.2) is 0 Å². The highest BCUT2D eigenvalue weighted by molar-refractivity contribution is 7.31. The summed E-state index contributed by atoms with van der Waals surface area (Å²) in [5.74, 6) is 0. The van der Waals surface area contributed by atoms with E-state index < -0.39 is 16.5 Å². The predicted molar refractivity (Wildman–Crippen MR) is 97.5 cm³/mol. The van der Waals surface area contributed by atoms with E-state index >= 15 is 0 Å². The summed E-state index contributed by atoms with van der Waals surface area (Å²) in [4.78, 5) is 28.6. The molecule has 0 saturated carbocycles. The second-order valence-electron chi connectivity index (χ2n) is 4.16. The fourth-order valence-electron chi connectivity index (χ4n) is 1.50. The van der Waals surface area contributed by atoms with Crippen LogP contribution in [0.15, 0.2) is 48.5 Å². The van der Waals surface area contributed by atoms with Gasteiger partial charge >= 0.3 is 16.5 Å². The van der Waals surface area contributed by atoms with Crippen molar-refractivity contribution in [2.24, 2.45) is 0 Å². The van der Waals surface area contributed by atoms with Crippen molar-refractivity contribution in [3.05, 3.63) is 59.7 Å². The van der Waals surface area contributed by atoms with Gasteiger partial charge in [-0.1, -0.05) is 48.6 Å². The molecule has 2 aromatic carbocycles. The second kappa shape index (κ2) is 12.5. The molecule has 0 saturated heterocycles. The van der Waals surface area contributed by atoms with Gasteiger partial charge in [0, 0.05) is 11.4 Å². The summed E-state index contributed by atoms with van der Waals surface area (Å²) >= 11 is 0. The van der Waals surface area contributed by atoms with E-state index in [-0.39, 0.29) is 0 Å². The lowest BCUT2D eigenvalue weighted by atomic mass is 10.1. The highest BCUT2D eigenvalue weighted by Crippen LogP contribution is 2.17. The number of benzene rings is 2. The van der Waals surface area contributed by atoms with Crippen molar-refractivity contribution >= 4 is 40.0 Å². The molecule has 0 aliphatic carbocycles. The molecule has 0 fully saturated rings. The molecule has 0 aromatic heterocycles. The van der Waals surface area contributed by atoms with E-state index in [2.05, 4.69) is 0 Å². The van der Waals surface area contributed by atoms with Crippen molar-refractivity contribution in [2.75, 3.05) is 11.5 Å². The van der Waals surface area contributed by atoms with Crippen LogP contribution in [0.5, 0.6) is 0 Å². The molecule has 10 heteroatoms. The first-order chi connectivity index (χ1) is 11.2. The van der Waals surface area contributed by atoms with Crippen molar-refractivity contribution in [1.29, 1.82) is 0 Å². The molecule has 2 rings (SSSR count). The number of hydrogen-bond acceptors (Lipinski definition) is 4. The number of nitrogens with two attached hydrogens (primary N) is 2. The van der Waals surface area contributed by atoms with Gasteiger partial charge in [-0.15, -0.1) is 0 Å². The Morgan fingerprint density at radius 1 is 0.667 bits per heavy atom. The van der Waals surface area contributed by atoms with E-state index in [0.717, 1.165) is 22.5 Å². The maximum absolute atomic E-state index is 8.74. The molecule has 0 amide bonds. The molecule has 0 radical (unpaired) electrons. The summed E-state index contributed by atoms with van der Waals surface area (Å²) in [7, 11) is -6.26. The molecule has 0 spiro atoms. The first-order valence-electron chi connectivity index (χ1n) is 6.45. The van der Waals surface area contributed by atoms with Crippen molar-refractivity contribution < 1.29 is 28.7 Å². The normalized spacial score (nSPS) is 10.1. The zero-order chi connectivity index (χ0) is 18.5. The molecule has 0 aliphatic rings. The zero-order valence-corrected chi connectivity index (χ0v) is 14.5. The summed E-state index contributed by atoms with van der Waals surface area (Å²) in [6, 6.07) is 15.5. The lowest BCUT2D eigenvalue weighted by molar-refractivity contribution is 0.403. The van der Waals surface area contributed by atoms with E-state index in [0.29, 0.717) is 0 Å². The van der Waals surface area contributed by atoms with Crippen molar-refractivity contribution in [2.45, 2.75) is 0 Å². The van der Waals surface area contributed by atoms with Crippen molar-refractivity contribution in [1.82, 2.24) is 0 Å². The molecule has 0 bridgehead atoms. The molecular formula is C14H20N2O6P2. The fourth-order valence-corrected chi connectivity index (χ4v) is 1.50. The van der Waals surface area contributed by atoms with Gasteiger partial charge in [-0.2, -0.15) is 0 Å². The summed E-state index contributed by atoms with van der Waals surface area (Å²) in [5.41, 5.74) is 15.2. The Labute approximate surface area is 140 Å². The lowest BCUT2D eigenvalue weighted by Crippen LogP contribution is -1.89. The number of nitrogen functional groups attached to an aromatic ring is 2. The highest BCUT2D eigenvalue weighted by Gasteiger charge is 1.94.